The Balaban J connectivity index is 2.04. The number of nitrogens with zero attached hydrogens (tertiary/aromatic N) is 3. The molecule has 2 heterocycles. The second-order valence-corrected chi connectivity index (χ2v) is 7.61. The van der Waals surface area contributed by atoms with Crippen LogP contribution in [0.25, 0.3) is 0 Å². The van der Waals surface area contributed by atoms with E-state index in [1.165, 1.54) is 0 Å². The van der Waals surface area contributed by atoms with Gasteiger partial charge in [0.15, 0.2) is 0 Å². The Morgan fingerprint density at radius 1 is 1.43 bits per heavy atom. The van der Waals surface area contributed by atoms with E-state index in [1.807, 2.05) is 13.0 Å². The molecule has 130 valence electrons. The Labute approximate surface area is 138 Å². The fourth-order valence-electron chi connectivity index (χ4n) is 2.89. The first-order valence-electron chi connectivity index (χ1n) is 8.24. The molecule has 1 aliphatic heterocycles. The van der Waals surface area contributed by atoms with Crippen molar-refractivity contribution in [3.8, 4) is 0 Å². The quantitative estimate of drug-likeness (QED) is 0.774. The van der Waals surface area contributed by atoms with Crippen molar-refractivity contribution in [2.24, 2.45) is 11.1 Å². The highest BCUT2D eigenvalue weighted by molar-refractivity contribution is 7.87. The number of aromatic nitrogens is 2. The number of anilines is 1. The molecule has 1 aromatic heterocycles. The minimum atomic E-state index is -3.62. The summed E-state index contributed by atoms with van der Waals surface area (Å²) in [5, 5.41) is 5.01. The van der Waals surface area contributed by atoms with E-state index >= 15 is 0 Å². The van der Waals surface area contributed by atoms with Crippen molar-refractivity contribution < 1.29 is 8.42 Å². The summed E-state index contributed by atoms with van der Waals surface area (Å²) in [5.74, 6) is 2.09. The number of hydrogen-bond donors (Lipinski definition) is 2. The van der Waals surface area contributed by atoms with Gasteiger partial charge in [-0.1, -0.05) is 13.3 Å². The first-order valence-corrected chi connectivity index (χ1v) is 9.79. The van der Waals surface area contributed by atoms with Gasteiger partial charge in [0.2, 0.25) is 0 Å². The van der Waals surface area contributed by atoms with Crippen LogP contribution in [0, 0.1) is 12.8 Å². The van der Waals surface area contributed by atoms with Crippen molar-refractivity contribution >= 4 is 16.0 Å². The summed E-state index contributed by atoms with van der Waals surface area (Å²) in [6, 6.07) is 2.00. The maximum absolute atomic E-state index is 11.0. The molecule has 0 aliphatic carbocycles. The van der Waals surface area contributed by atoms with E-state index in [1.54, 1.807) is 0 Å². The summed E-state index contributed by atoms with van der Waals surface area (Å²) >= 11 is 0. The largest absolute Gasteiger partial charge is 0.356 e. The maximum atomic E-state index is 11.0. The normalized spacial score (nSPS) is 19.1. The SMILES string of the molecule is CCCCc1nc(C)cc(N2CCC[C@H](CNS(N)(=O)=O)C2)n1. The van der Waals surface area contributed by atoms with Gasteiger partial charge in [-0.3, -0.25) is 0 Å². The third-order valence-electron chi connectivity index (χ3n) is 4.06. The molecule has 7 nitrogen and oxygen atoms in total. The fourth-order valence-corrected chi connectivity index (χ4v) is 3.36. The zero-order valence-corrected chi connectivity index (χ0v) is 14.8. The van der Waals surface area contributed by atoms with Crippen LogP contribution in [0.3, 0.4) is 0 Å². The molecule has 2 rings (SSSR count). The van der Waals surface area contributed by atoms with Crippen molar-refractivity contribution in [1.29, 1.82) is 0 Å². The number of hydrogen-bond acceptors (Lipinski definition) is 5. The first kappa shape index (κ1) is 18.1. The monoisotopic (exact) mass is 341 g/mol. The molecule has 8 heteroatoms. The lowest BCUT2D eigenvalue weighted by molar-refractivity contribution is 0.409. The molecule has 0 unspecified atom stereocenters. The van der Waals surface area contributed by atoms with Gasteiger partial charge in [-0.15, -0.1) is 0 Å². The van der Waals surface area contributed by atoms with Crippen molar-refractivity contribution in [2.75, 3.05) is 24.5 Å². The van der Waals surface area contributed by atoms with Crippen LogP contribution < -0.4 is 14.8 Å². The van der Waals surface area contributed by atoms with Crippen molar-refractivity contribution in [3.05, 3.63) is 17.6 Å². The first-order chi connectivity index (χ1) is 10.9. The Morgan fingerprint density at radius 2 is 2.22 bits per heavy atom. The summed E-state index contributed by atoms with van der Waals surface area (Å²) in [7, 11) is -3.62. The molecule has 3 N–H and O–H groups in total. The van der Waals surface area contributed by atoms with Crippen LogP contribution in [0.4, 0.5) is 5.82 Å². The number of rotatable bonds is 7. The second kappa shape index (κ2) is 8.03. The molecule has 0 spiro atoms. The van der Waals surface area contributed by atoms with Gasteiger partial charge >= 0.3 is 0 Å². The van der Waals surface area contributed by atoms with Gasteiger partial charge in [0, 0.05) is 37.8 Å². The van der Waals surface area contributed by atoms with E-state index in [9.17, 15) is 8.42 Å². The van der Waals surface area contributed by atoms with Crippen LogP contribution in [0.2, 0.25) is 0 Å². The zero-order chi connectivity index (χ0) is 16.9. The summed E-state index contributed by atoms with van der Waals surface area (Å²) < 4.78 is 24.5. The molecule has 1 aliphatic rings. The molecule has 0 bridgehead atoms. The molecular weight excluding hydrogens is 314 g/mol. The van der Waals surface area contributed by atoms with E-state index in [4.69, 9.17) is 5.14 Å². The maximum Gasteiger partial charge on any atom is 0.274 e. The van der Waals surface area contributed by atoms with E-state index in [0.717, 1.165) is 62.5 Å². The summed E-state index contributed by atoms with van der Waals surface area (Å²) in [5.41, 5.74) is 0.978. The number of nitrogens with one attached hydrogen (secondary N) is 1. The molecular formula is C15H27N5O2S. The van der Waals surface area contributed by atoms with E-state index in [2.05, 4.69) is 26.5 Å². The Kier molecular flexibility index (Phi) is 6.32. The Morgan fingerprint density at radius 3 is 2.91 bits per heavy atom. The third-order valence-corrected chi connectivity index (χ3v) is 4.63. The molecule has 1 aromatic rings. The Hall–Kier alpha value is -1.25. The van der Waals surface area contributed by atoms with Crippen LogP contribution in [0.1, 0.15) is 44.1 Å². The third kappa shape index (κ3) is 6.04. The molecule has 1 atom stereocenters. The van der Waals surface area contributed by atoms with E-state index in [-0.39, 0.29) is 5.92 Å². The van der Waals surface area contributed by atoms with E-state index in [0.29, 0.717) is 6.54 Å². The Bertz CT molecular complexity index is 620. The minimum absolute atomic E-state index is 0.247. The lowest BCUT2D eigenvalue weighted by atomic mass is 9.98. The minimum Gasteiger partial charge on any atom is -0.356 e. The van der Waals surface area contributed by atoms with Crippen molar-refractivity contribution in [1.82, 2.24) is 14.7 Å². The molecule has 0 aromatic carbocycles. The van der Waals surface area contributed by atoms with Gasteiger partial charge in [0.25, 0.3) is 10.2 Å². The predicted octanol–water partition coefficient (Wildman–Crippen LogP) is 1.14. The highest BCUT2D eigenvalue weighted by atomic mass is 32.2. The molecule has 0 amide bonds. The average Bonchev–Trinajstić information content (AvgIpc) is 2.50. The van der Waals surface area contributed by atoms with Crippen LogP contribution >= 0.6 is 0 Å². The van der Waals surface area contributed by atoms with Crippen LogP contribution in [0.15, 0.2) is 6.07 Å². The highest BCUT2D eigenvalue weighted by Crippen LogP contribution is 2.22. The number of aryl methyl sites for hydroxylation is 2. The fraction of sp³-hybridized carbons (Fsp3) is 0.733. The number of unbranched alkanes of at least 4 members (excludes halogenated alkanes) is 1. The smallest absolute Gasteiger partial charge is 0.274 e. The molecule has 1 fully saturated rings. The standard InChI is InChI=1S/C15H27N5O2S/c1-3-4-7-14-18-12(2)9-15(19-14)20-8-5-6-13(11-20)10-17-23(16,21)22/h9,13,17H,3-8,10-11H2,1-2H3,(H2,16,21,22)/t13-/m1/s1. The second-order valence-electron chi connectivity index (χ2n) is 6.24. The lowest BCUT2D eigenvalue weighted by Crippen LogP contribution is -2.42. The van der Waals surface area contributed by atoms with Gasteiger partial charge in [0.1, 0.15) is 11.6 Å². The molecule has 1 saturated heterocycles. The zero-order valence-electron chi connectivity index (χ0n) is 14.0. The van der Waals surface area contributed by atoms with Crippen LogP contribution in [0.5, 0.6) is 0 Å². The predicted molar refractivity (Wildman–Crippen MR) is 91.4 cm³/mol. The van der Waals surface area contributed by atoms with Crippen molar-refractivity contribution in [3.63, 3.8) is 0 Å². The lowest BCUT2D eigenvalue weighted by Gasteiger charge is -2.33. The number of piperidine rings is 1. The molecule has 23 heavy (non-hydrogen) atoms. The van der Waals surface area contributed by atoms with Crippen molar-refractivity contribution in [2.45, 2.75) is 46.0 Å². The number of nitrogens with two attached hydrogens (primary N) is 1. The molecule has 0 saturated carbocycles. The van der Waals surface area contributed by atoms with Gasteiger partial charge in [0.05, 0.1) is 0 Å². The van der Waals surface area contributed by atoms with Gasteiger partial charge in [-0.05, 0) is 32.1 Å². The highest BCUT2D eigenvalue weighted by Gasteiger charge is 2.22. The molecule has 0 radical (unpaired) electrons. The van der Waals surface area contributed by atoms with Crippen LogP contribution in [-0.2, 0) is 16.6 Å². The average molecular weight is 341 g/mol. The van der Waals surface area contributed by atoms with Gasteiger partial charge in [-0.2, -0.15) is 8.42 Å². The van der Waals surface area contributed by atoms with Crippen LogP contribution in [-0.4, -0.2) is 38.0 Å². The summed E-state index contributed by atoms with van der Waals surface area (Å²) in [6.07, 6.45) is 5.12. The van der Waals surface area contributed by atoms with Gasteiger partial charge < -0.3 is 4.90 Å². The summed E-state index contributed by atoms with van der Waals surface area (Å²) in [6.45, 7) is 6.25. The topological polar surface area (TPSA) is 101 Å². The van der Waals surface area contributed by atoms with E-state index < -0.39 is 10.2 Å². The summed E-state index contributed by atoms with van der Waals surface area (Å²) in [4.78, 5) is 11.4. The van der Waals surface area contributed by atoms with Gasteiger partial charge in [-0.25, -0.2) is 19.8 Å².